The zero-order chi connectivity index (χ0) is 14.4. The summed E-state index contributed by atoms with van der Waals surface area (Å²) < 4.78 is 6.92. The first-order chi connectivity index (χ1) is 9.76. The minimum Gasteiger partial charge on any atom is -0.464 e. The van der Waals surface area contributed by atoms with Gasteiger partial charge in [0.05, 0.1) is 30.1 Å². The van der Waals surface area contributed by atoms with E-state index in [1.807, 2.05) is 31.2 Å². The van der Waals surface area contributed by atoms with Gasteiger partial charge in [-0.1, -0.05) is 25.5 Å². The van der Waals surface area contributed by atoms with Gasteiger partial charge in [0.25, 0.3) is 0 Å². The predicted octanol–water partition coefficient (Wildman–Crippen LogP) is 2.45. The van der Waals surface area contributed by atoms with Gasteiger partial charge in [-0.3, -0.25) is 4.79 Å². The maximum Gasteiger partial charge on any atom is 0.326 e. The number of hydrogen-bond donors (Lipinski definition) is 0. The van der Waals surface area contributed by atoms with Crippen LogP contribution >= 0.6 is 0 Å². The van der Waals surface area contributed by atoms with Crippen LogP contribution in [-0.2, 0) is 22.5 Å². The predicted molar refractivity (Wildman–Crippen MR) is 74.9 cm³/mol. The fourth-order valence-electron chi connectivity index (χ4n) is 2.01. The molecule has 2 aromatic rings. The Bertz CT molecular complexity index is 640. The number of nitrogens with zero attached hydrogens (tertiary/aromatic N) is 3. The number of imidazole rings is 1. The molecule has 5 nitrogen and oxygen atoms in total. The minimum atomic E-state index is -0.291. The van der Waals surface area contributed by atoms with Crippen molar-refractivity contribution in [1.29, 1.82) is 5.26 Å². The maximum absolute atomic E-state index is 11.8. The molecular weight excluding hydrogens is 254 g/mol. The molecule has 1 aromatic carbocycles. The van der Waals surface area contributed by atoms with Gasteiger partial charge in [0.1, 0.15) is 12.4 Å². The summed E-state index contributed by atoms with van der Waals surface area (Å²) in [6, 6.07) is 9.61. The Labute approximate surface area is 117 Å². The number of ether oxygens (including phenoxy) is 1. The summed E-state index contributed by atoms with van der Waals surface area (Å²) in [6.45, 7) is 2.58. The van der Waals surface area contributed by atoms with E-state index in [1.54, 1.807) is 4.57 Å². The van der Waals surface area contributed by atoms with Gasteiger partial charge in [-0.05, 0) is 18.6 Å². The van der Waals surface area contributed by atoms with Crippen molar-refractivity contribution in [2.75, 3.05) is 6.61 Å². The molecule has 1 aromatic heterocycles. The van der Waals surface area contributed by atoms with Crippen LogP contribution in [0, 0.1) is 11.3 Å². The molecule has 5 heteroatoms. The SMILES string of the molecule is CCCCOC(=O)Cn1c(CC#N)nc2ccccc21. The molecule has 0 amide bonds. The molecule has 0 saturated heterocycles. The summed E-state index contributed by atoms with van der Waals surface area (Å²) in [5, 5.41) is 8.86. The van der Waals surface area contributed by atoms with E-state index in [1.165, 1.54) is 0 Å². The summed E-state index contributed by atoms with van der Waals surface area (Å²) in [5.41, 5.74) is 1.64. The molecule has 1 heterocycles. The van der Waals surface area contributed by atoms with Crippen LogP contribution in [0.15, 0.2) is 24.3 Å². The molecular formula is C15H17N3O2. The van der Waals surface area contributed by atoms with E-state index >= 15 is 0 Å². The first kappa shape index (κ1) is 14.1. The highest BCUT2D eigenvalue weighted by atomic mass is 16.5. The van der Waals surface area contributed by atoms with Crippen LogP contribution in [0.4, 0.5) is 0 Å². The molecule has 104 valence electrons. The van der Waals surface area contributed by atoms with Crippen molar-refractivity contribution in [3.63, 3.8) is 0 Å². The average molecular weight is 271 g/mol. The molecule has 0 atom stereocenters. The molecule has 0 aliphatic heterocycles. The van der Waals surface area contributed by atoms with Crippen LogP contribution in [0.1, 0.15) is 25.6 Å². The third kappa shape index (κ3) is 3.15. The van der Waals surface area contributed by atoms with Crippen molar-refractivity contribution >= 4 is 17.0 Å². The first-order valence-corrected chi connectivity index (χ1v) is 6.73. The van der Waals surface area contributed by atoms with E-state index in [0.29, 0.717) is 12.4 Å². The molecule has 0 unspecified atom stereocenters. The molecule has 20 heavy (non-hydrogen) atoms. The highest BCUT2D eigenvalue weighted by Crippen LogP contribution is 2.16. The zero-order valence-corrected chi connectivity index (χ0v) is 11.5. The fraction of sp³-hybridized carbons (Fsp3) is 0.400. The Hall–Kier alpha value is -2.35. The monoisotopic (exact) mass is 271 g/mol. The van der Waals surface area contributed by atoms with Crippen LogP contribution < -0.4 is 0 Å². The van der Waals surface area contributed by atoms with Crippen molar-refractivity contribution in [3.8, 4) is 6.07 Å². The van der Waals surface area contributed by atoms with Gasteiger partial charge in [-0.15, -0.1) is 0 Å². The van der Waals surface area contributed by atoms with Gasteiger partial charge < -0.3 is 9.30 Å². The lowest BCUT2D eigenvalue weighted by Gasteiger charge is -2.07. The zero-order valence-electron chi connectivity index (χ0n) is 11.5. The topological polar surface area (TPSA) is 67.9 Å². The highest BCUT2D eigenvalue weighted by molar-refractivity contribution is 5.79. The Morgan fingerprint density at radius 2 is 2.25 bits per heavy atom. The molecule has 0 radical (unpaired) electrons. The number of nitriles is 1. The van der Waals surface area contributed by atoms with E-state index in [9.17, 15) is 4.79 Å². The second-order valence-electron chi connectivity index (χ2n) is 4.51. The van der Waals surface area contributed by atoms with Gasteiger partial charge in [0.15, 0.2) is 0 Å². The number of hydrogen-bond acceptors (Lipinski definition) is 4. The second-order valence-corrected chi connectivity index (χ2v) is 4.51. The maximum atomic E-state index is 11.8. The van der Waals surface area contributed by atoms with Crippen molar-refractivity contribution < 1.29 is 9.53 Å². The van der Waals surface area contributed by atoms with Gasteiger partial charge in [0, 0.05) is 0 Å². The van der Waals surface area contributed by atoms with Crippen LogP contribution in [0.2, 0.25) is 0 Å². The Balaban J connectivity index is 2.21. The molecule has 2 rings (SSSR count). The number of carbonyl (C=O) groups excluding carboxylic acids is 1. The largest absolute Gasteiger partial charge is 0.464 e. The molecule has 0 aliphatic carbocycles. The molecule has 0 fully saturated rings. The Morgan fingerprint density at radius 1 is 1.45 bits per heavy atom. The number of carbonyl (C=O) groups is 1. The number of fused-ring (bicyclic) bond motifs is 1. The highest BCUT2D eigenvalue weighted by Gasteiger charge is 2.13. The number of aromatic nitrogens is 2. The molecule has 0 spiro atoms. The molecule has 0 saturated carbocycles. The molecule has 0 N–H and O–H groups in total. The standard InChI is InChI=1S/C15H17N3O2/c1-2-3-10-20-15(19)11-18-13-7-5-4-6-12(13)17-14(18)8-9-16/h4-7H,2-3,8,10-11H2,1H3. The van der Waals surface area contributed by atoms with Crippen LogP contribution in [-0.4, -0.2) is 22.1 Å². The third-order valence-electron chi connectivity index (χ3n) is 3.02. The van der Waals surface area contributed by atoms with E-state index in [-0.39, 0.29) is 18.9 Å². The number of unbranched alkanes of at least 4 members (excludes halogenated alkanes) is 1. The number of esters is 1. The minimum absolute atomic E-state index is 0.0985. The van der Waals surface area contributed by atoms with Crippen molar-refractivity contribution in [1.82, 2.24) is 9.55 Å². The average Bonchev–Trinajstić information content (AvgIpc) is 2.78. The van der Waals surface area contributed by atoms with E-state index in [0.717, 1.165) is 23.9 Å². The number of rotatable bonds is 6. The lowest BCUT2D eigenvalue weighted by atomic mass is 10.3. The van der Waals surface area contributed by atoms with Gasteiger partial charge in [0.2, 0.25) is 0 Å². The van der Waals surface area contributed by atoms with Gasteiger partial charge >= 0.3 is 5.97 Å². The molecule has 0 aliphatic rings. The van der Waals surface area contributed by atoms with E-state index in [2.05, 4.69) is 11.1 Å². The van der Waals surface area contributed by atoms with Gasteiger partial charge in [-0.2, -0.15) is 5.26 Å². The van der Waals surface area contributed by atoms with Gasteiger partial charge in [-0.25, -0.2) is 4.98 Å². The lowest BCUT2D eigenvalue weighted by Crippen LogP contribution is -2.16. The summed E-state index contributed by atoms with van der Waals surface area (Å²) in [5.74, 6) is 0.307. The normalized spacial score (nSPS) is 10.4. The van der Waals surface area contributed by atoms with E-state index < -0.39 is 0 Å². The molecule has 0 bridgehead atoms. The van der Waals surface area contributed by atoms with Crippen molar-refractivity contribution in [2.24, 2.45) is 0 Å². The summed E-state index contributed by atoms with van der Waals surface area (Å²) >= 11 is 0. The van der Waals surface area contributed by atoms with Crippen LogP contribution in [0.3, 0.4) is 0 Å². The van der Waals surface area contributed by atoms with Crippen molar-refractivity contribution in [2.45, 2.75) is 32.7 Å². The van der Waals surface area contributed by atoms with Crippen LogP contribution in [0.5, 0.6) is 0 Å². The fourth-order valence-corrected chi connectivity index (χ4v) is 2.01. The van der Waals surface area contributed by atoms with Crippen molar-refractivity contribution in [3.05, 3.63) is 30.1 Å². The smallest absolute Gasteiger partial charge is 0.326 e. The number of benzene rings is 1. The second kappa shape index (κ2) is 6.71. The Morgan fingerprint density at radius 3 is 3.00 bits per heavy atom. The lowest BCUT2D eigenvalue weighted by molar-refractivity contribution is -0.144. The quantitative estimate of drug-likeness (QED) is 0.598. The summed E-state index contributed by atoms with van der Waals surface area (Å²) in [6.07, 6.45) is 2.03. The summed E-state index contributed by atoms with van der Waals surface area (Å²) in [4.78, 5) is 16.2. The summed E-state index contributed by atoms with van der Waals surface area (Å²) in [7, 11) is 0. The Kier molecular flexibility index (Phi) is 4.72. The van der Waals surface area contributed by atoms with E-state index in [4.69, 9.17) is 10.00 Å². The number of para-hydroxylation sites is 2. The first-order valence-electron chi connectivity index (χ1n) is 6.73. The third-order valence-corrected chi connectivity index (χ3v) is 3.02. The van der Waals surface area contributed by atoms with Crippen LogP contribution in [0.25, 0.3) is 11.0 Å².